The Morgan fingerprint density at radius 3 is 2.71 bits per heavy atom. The van der Waals surface area contributed by atoms with Crippen molar-refractivity contribution in [1.82, 2.24) is 24.2 Å². The van der Waals surface area contributed by atoms with Crippen LogP contribution in [0.1, 0.15) is 25.6 Å². The Morgan fingerprint density at radius 2 is 1.94 bits per heavy atom. The molecule has 5 rings (SSSR count). The third kappa shape index (κ3) is 4.46. The Kier molecular flexibility index (Phi) is 6.15. The number of carbonyl (C=O) groups is 1. The highest BCUT2D eigenvalue weighted by atomic mass is 35.5. The minimum atomic E-state index is -0.516. The maximum Gasteiger partial charge on any atom is 0.350 e. The number of amides is 1. The highest BCUT2D eigenvalue weighted by Gasteiger charge is 2.28. The van der Waals surface area contributed by atoms with Gasteiger partial charge in [-0.1, -0.05) is 36.7 Å². The molecule has 3 heterocycles. The number of carbonyl (C=O) groups excluding carboxylic acids is 1. The zero-order chi connectivity index (χ0) is 24.7. The molecule has 2 aromatic heterocycles. The zero-order valence-electron chi connectivity index (χ0n) is 19.5. The molecule has 1 fully saturated rings. The molecule has 0 N–H and O–H groups in total. The summed E-state index contributed by atoms with van der Waals surface area (Å²) in [6, 6.07) is 12.3. The van der Waals surface area contributed by atoms with Crippen molar-refractivity contribution < 1.29 is 9.18 Å². The summed E-state index contributed by atoms with van der Waals surface area (Å²) in [5.41, 5.74) is 2.00. The van der Waals surface area contributed by atoms with Crippen LogP contribution in [0.3, 0.4) is 0 Å². The summed E-state index contributed by atoms with van der Waals surface area (Å²) in [7, 11) is 1.56. The van der Waals surface area contributed by atoms with Crippen LogP contribution in [0, 0.1) is 11.7 Å². The van der Waals surface area contributed by atoms with Crippen molar-refractivity contribution >= 4 is 28.4 Å². The molecule has 35 heavy (non-hydrogen) atoms. The number of pyridine rings is 1. The molecule has 180 valence electrons. The van der Waals surface area contributed by atoms with Gasteiger partial charge >= 0.3 is 5.69 Å². The summed E-state index contributed by atoms with van der Waals surface area (Å²) < 4.78 is 18.0. The van der Waals surface area contributed by atoms with Gasteiger partial charge in [0.05, 0.1) is 16.2 Å². The molecule has 1 saturated heterocycles. The van der Waals surface area contributed by atoms with Crippen molar-refractivity contribution in [2.24, 2.45) is 13.0 Å². The SMILES string of the molecule is CCC(=O)N1CCC(Cc2nn(C)c(=O)n2-c2ccc(-c3ccc4cc(Cl)cnc4c3)cc2F)C1. The third-order valence-corrected chi connectivity index (χ3v) is 6.78. The Bertz CT molecular complexity index is 1500. The molecule has 0 saturated carbocycles. The van der Waals surface area contributed by atoms with Crippen LogP contribution in [-0.2, 0) is 18.3 Å². The van der Waals surface area contributed by atoms with Gasteiger partial charge in [0, 0.05) is 44.6 Å². The number of aryl methyl sites for hydroxylation is 1. The monoisotopic (exact) mass is 493 g/mol. The summed E-state index contributed by atoms with van der Waals surface area (Å²) in [6.45, 7) is 3.17. The van der Waals surface area contributed by atoms with Gasteiger partial charge < -0.3 is 4.90 Å². The highest BCUT2D eigenvalue weighted by molar-refractivity contribution is 6.31. The maximum absolute atomic E-state index is 15.4. The first-order valence-corrected chi connectivity index (χ1v) is 12.0. The molecular weight excluding hydrogens is 469 g/mol. The van der Waals surface area contributed by atoms with Gasteiger partial charge in [0.25, 0.3) is 0 Å². The normalized spacial score (nSPS) is 15.8. The van der Waals surface area contributed by atoms with Crippen LogP contribution in [0.25, 0.3) is 27.7 Å². The van der Waals surface area contributed by atoms with Gasteiger partial charge in [0.1, 0.15) is 11.6 Å². The molecule has 2 aromatic carbocycles. The summed E-state index contributed by atoms with van der Waals surface area (Å²) in [5, 5.41) is 5.84. The van der Waals surface area contributed by atoms with Crippen LogP contribution in [0.2, 0.25) is 5.02 Å². The molecule has 0 aliphatic carbocycles. The number of benzene rings is 2. The number of nitrogens with zero attached hydrogens (tertiary/aromatic N) is 5. The van der Waals surface area contributed by atoms with Gasteiger partial charge in [-0.3, -0.25) is 9.78 Å². The first-order chi connectivity index (χ1) is 16.8. The lowest BCUT2D eigenvalue weighted by Crippen LogP contribution is -2.28. The van der Waals surface area contributed by atoms with Crippen LogP contribution in [0.15, 0.2) is 53.5 Å². The fourth-order valence-electron chi connectivity index (χ4n) is 4.74. The molecule has 1 aliphatic heterocycles. The van der Waals surface area contributed by atoms with Crippen molar-refractivity contribution in [3.8, 4) is 16.8 Å². The van der Waals surface area contributed by atoms with E-state index in [4.69, 9.17) is 11.6 Å². The van der Waals surface area contributed by atoms with E-state index in [0.717, 1.165) is 22.9 Å². The lowest BCUT2D eigenvalue weighted by atomic mass is 10.0. The second-order valence-electron chi connectivity index (χ2n) is 8.94. The number of hydrogen-bond donors (Lipinski definition) is 0. The van der Waals surface area contributed by atoms with Crippen molar-refractivity contribution in [2.75, 3.05) is 13.1 Å². The van der Waals surface area contributed by atoms with Gasteiger partial charge in [-0.2, -0.15) is 5.10 Å². The number of aromatic nitrogens is 4. The van der Waals surface area contributed by atoms with Crippen LogP contribution >= 0.6 is 11.6 Å². The molecule has 4 aromatic rings. The van der Waals surface area contributed by atoms with Crippen LogP contribution < -0.4 is 5.69 Å². The lowest BCUT2D eigenvalue weighted by molar-refractivity contribution is -0.129. The molecule has 0 bridgehead atoms. The summed E-state index contributed by atoms with van der Waals surface area (Å²) in [4.78, 5) is 31.1. The van der Waals surface area contributed by atoms with E-state index in [1.54, 1.807) is 25.4 Å². The number of rotatable bonds is 5. The Balaban J connectivity index is 1.45. The first kappa shape index (κ1) is 23.2. The molecule has 0 spiro atoms. The van der Waals surface area contributed by atoms with E-state index in [1.807, 2.05) is 36.1 Å². The number of halogens is 2. The zero-order valence-corrected chi connectivity index (χ0v) is 20.3. The van der Waals surface area contributed by atoms with Crippen molar-refractivity contribution in [1.29, 1.82) is 0 Å². The Morgan fingerprint density at radius 1 is 1.17 bits per heavy atom. The molecule has 1 amide bonds. The summed E-state index contributed by atoms with van der Waals surface area (Å²) in [5.74, 6) is 0.274. The fraction of sp³-hybridized carbons (Fsp3) is 0.308. The minimum Gasteiger partial charge on any atom is -0.342 e. The average Bonchev–Trinajstić information content (AvgIpc) is 3.42. The standard InChI is InChI=1S/C26H25ClFN5O2/c1-3-25(34)32-9-8-16(15-32)10-24-30-31(2)26(35)33(24)23-7-6-17(12-21(23)28)18-4-5-19-11-20(27)14-29-22(19)13-18/h4-7,11-14,16H,3,8-10,15H2,1-2H3. The Hall–Kier alpha value is -3.52. The van der Waals surface area contributed by atoms with Crippen LogP contribution in [-0.4, -0.2) is 43.2 Å². The first-order valence-electron chi connectivity index (χ1n) is 11.6. The lowest BCUT2D eigenvalue weighted by Gasteiger charge is -2.15. The minimum absolute atomic E-state index is 0.125. The molecule has 1 aliphatic rings. The number of hydrogen-bond acceptors (Lipinski definition) is 4. The van der Waals surface area contributed by atoms with Gasteiger partial charge in [-0.15, -0.1) is 0 Å². The van der Waals surface area contributed by atoms with Gasteiger partial charge in [-0.25, -0.2) is 18.4 Å². The molecule has 9 heteroatoms. The highest BCUT2D eigenvalue weighted by Crippen LogP contribution is 2.28. The quantitative estimate of drug-likeness (QED) is 0.413. The van der Waals surface area contributed by atoms with E-state index in [-0.39, 0.29) is 17.5 Å². The number of fused-ring (bicyclic) bond motifs is 1. The van der Waals surface area contributed by atoms with Crippen molar-refractivity contribution in [2.45, 2.75) is 26.2 Å². The molecule has 7 nitrogen and oxygen atoms in total. The maximum atomic E-state index is 15.4. The topological polar surface area (TPSA) is 73.0 Å². The van der Waals surface area contributed by atoms with E-state index in [1.165, 1.54) is 15.3 Å². The van der Waals surface area contributed by atoms with E-state index >= 15 is 4.39 Å². The molecular formula is C26H25ClFN5O2. The second kappa shape index (κ2) is 9.26. The smallest absolute Gasteiger partial charge is 0.342 e. The van der Waals surface area contributed by atoms with Gasteiger partial charge in [0.2, 0.25) is 5.91 Å². The van der Waals surface area contributed by atoms with Gasteiger partial charge in [0.15, 0.2) is 0 Å². The molecule has 0 radical (unpaired) electrons. The van der Waals surface area contributed by atoms with E-state index in [9.17, 15) is 9.59 Å². The van der Waals surface area contributed by atoms with Gasteiger partial charge in [-0.05, 0) is 47.7 Å². The molecule has 1 atom stereocenters. The summed E-state index contributed by atoms with van der Waals surface area (Å²) >= 11 is 6.02. The third-order valence-electron chi connectivity index (χ3n) is 6.58. The molecule has 1 unspecified atom stereocenters. The number of likely N-dealkylation sites (tertiary alicyclic amines) is 1. The fourth-order valence-corrected chi connectivity index (χ4v) is 4.91. The van der Waals surface area contributed by atoms with E-state index in [0.29, 0.717) is 42.3 Å². The van der Waals surface area contributed by atoms with Crippen molar-refractivity contribution in [3.05, 3.63) is 75.8 Å². The van der Waals surface area contributed by atoms with Crippen molar-refractivity contribution in [3.63, 3.8) is 0 Å². The predicted octanol–water partition coefficient (Wildman–Crippen LogP) is 4.38. The van der Waals surface area contributed by atoms with Crippen LogP contribution in [0.4, 0.5) is 4.39 Å². The van der Waals surface area contributed by atoms with Crippen LogP contribution in [0.5, 0.6) is 0 Å². The Labute approximate surface area is 206 Å². The van der Waals surface area contributed by atoms with E-state index in [2.05, 4.69) is 10.1 Å². The van der Waals surface area contributed by atoms with E-state index < -0.39 is 11.5 Å². The second-order valence-corrected chi connectivity index (χ2v) is 9.37. The average molecular weight is 494 g/mol. The largest absolute Gasteiger partial charge is 0.350 e. The predicted molar refractivity (Wildman–Crippen MR) is 133 cm³/mol. The summed E-state index contributed by atoms with van der Waals surface area (Å²) in [6.07, 6.45) is 3.37.